The molecule has 2 aromatic heterocycles. The highest BCUT2D eigenvalue weighted by Crippen LogP contribution is 2.27. The van der Waals surface area contributed by atoms with Crippen molar-refractivity contribution >= 4 is 38.8 Å². The molecule has 0 unspecified atom stereocenters. The zero-order valence-corrected chi connectivity index (χ0v) is 15.0. The van der Waals surface area contributed by atoms with Gasteiger partial charge in [-0.3, -0.25) is 14.9 Å². The van der Waals surface area contributed by atoms with Crippen molar-refractivity contribution in [2.24, 2.45) is 0 Å². The summed E-state index contributed by atoms with van der Waals surface area (Å²) in [5.74, 6) is -0.296. The molecule has 1 N–H and O–H groups in total. The SMILES string of the molecule is O=C(Nc1cccc([N+](=O)[O-])c1)c1cc2sccc2n1Cc1ccccc1. The molecule has 0 aliphatic carbocycles. The number of non-ortho nitro benzene ring substituents is 1. The van der Waals surface area contributed by atoms with Gasteiger partial charge in [-0.2, -0.15) is 0 Å². The van der Waals surface area contributed by atoms with Crippen LogP contribution in [0.1, 0.15) is 16.1 Å². The maximum Gasteiger partial charge on any atom is 0.272 e. The molecule has 27 heavy (non-hydrogen) atoms. The van der Waals surface area contributed by atoms with Crippen molar-refractivity contribution in [3.05, 3.63) is 93.5 Å². The number of nitro groups is 1. The minimum Gasteiger partial charge on any atom is -0.331 e. The number of nitro benzene ring substituents is 1. The molecule has 6 nitrogen and oxygen atoms in total. The van der Waals surface area contributed by atoms with Crippen LogP contribution in [0.3, 0.4) is 0 Å². The maximum absolute atomic E-state index is 12.9. The van der Waals surface area contributed by atoms with Crippen LogP contribution < -0.4 is 5.32 Å². The molecule has 134 valence electrons. The Morgan fingerprint density at radius 1 is 1.07 bits per heavy atom. The van der Waals surface area contributed by atoms with E-state index in [1.807, 2.05) is 52.4 Å². The van der Waals surface area contributed by atoms with E-state index in [0.717, 1.165) is 15.8 Å². The average Bonchev–Trinajstić information content (AvgIpc) is 3.25. The molecule has 0 saturated heterocycles. The number of aromatic nitrogens is 1. The van der Waals surface area contributed by atoms with E-state index in [1.165, 1.54) is 12.1 Å². The van der Waals surface area contributed by atoms with E-state index in [0.29, 0.717) is 17.9 Å². The lowest BCUT2D eigenvalue weighted by atomic mass is 10.2. The van der Waals surface area contributed by atoms with Crippen LogP contribution in [-0.2, 0) is 6.54 Å². The number of thiophene rings is 1. The van der Waals surface area contributed by atoms with Crippen LogP contribution in [0, 0.1) is 10.1 Å². The molecule has 0 aliphatic rings. The Labute approximate surface area is 158 Å². The fourth-order valence-corrected chi connectivity index (χ4v) is 3.82. The van der Waals surface area contributed by atoms with Crippen molar-refractivity contribution in [2.75, 3.05) is 5.32 Å². The molecule has 2 heterocycles. The molecule has 0 aliphatic heterocycles. The highest BCUT2D eigenvalue weighted by molar-refractivity contribution is 7.17. The van der Waals surface area contributed by atoms with E-state index in [2.05, 4.69) is 5.32 Å². The first-order chi connectivity index (χ1) is 13.1. The van der Waals surface area contributed by atoms with Crippen LogP contribution in [0.15, 0.2) is 72.1 Å². The lowest BCUT2D eigenvalue weighted by Gasteiger charge is -2.11. The fraction of sp³-hybridized carbons (Fsp3) is 0.0500. The van der Waals surface area contributed by atoms with Gasteiger partial charge in [0.15, 0.2) is 0 Å². The average molecular weight is 377 g/mol. The summed E-state index contributed by atoms with van der Waals surface area (Å²) in [7, 11) is 0. The normalized spacial score (nSPS) is 10.8. The molecule has 0 atom stereocenters. The third-order valence-corrected chi connectivity index (χ3v) is 5.11. The first-order valence-electron chi connectivity index (χ1n) is 8.28. The number of amides is 1. The van der Waals surface area contributed by atoms with Crippen molar-refractivity contribution in [1.29, 1.82) is 0 Å². The number of anilines is 1. The van der Waals surface area contributed by atoms with Gasteiger partial charge in [0.1, 0.15) is 5.69 Å². The van der Waals surface area contributed by atoms with Gasteiger partial charge in [-0.05, 0) is 29.1 Å². The Hall–Kier alpha value is -3.45. The molecule has 0 spiro atoms. The summed E-state index contributed by atoms with van der Waals surface area (Å²) >= 11 is 1.57. The number of rotatable bonds is 5. The Balaban J connectivity index is 1.67. The molecule has 0 radical (unpaired) electrons. The number of nitrogens with zero attached hydrogens (tertiary/aromatic N) is 2. The monoisotopic (exact) mass is 377 g/mol. The standard InChI is InChI=1S/C20H15N3O3S/c24-20(21-15-7-4-8-16(11-15)23(25)26)18-12-19-17(9-10-27-19)22(18)13-14-5-2-1-3-6-14/h1-12H,13H2,(H,21,24). The number of carbonyl (C=O) groups is 1. The summed E-state index contributed by atoms with van der Waals surface area (Å²) < 4.78 is 2.99. The van der Waals surface area contributed by atoms with Crippen LogP contribution in [0.25, 0.3) is 10.2 Å². The van der Waals surface area contributed by atoms with Gasteiger partial charge >= 0.3 is 0 Å². The van der Waals surface area contributed by atoms with Gasteiger partial charge in [0, 0.05) is 24.4 Å². The van der Waals surface area contributed by atoms with Gasteiger partial charge in [0.2, 0.25) is 0 Å². The summed E-state index contributed by atoms with van der Waals surface area (Å²) in [5, 5.41) is 15.7. The number of carbonyl (C=O) groups excluding carboxylic acids is 1. The Bertz CT molecular complexity index is 1130. The molecule has 2 aromatic carbocycles. The Morgan fingerprint density at radius 3 is 2.67 bits per heavy atom. The second-order valence-corrected chi connectivity index (χ2v) is 6.98. The molecule has 4 rings (SSSR count). The summed E-state index contributed by atoms with van der Waals surface area (Å²) in [6.45, 7) is 0.568. The van der Waals surface area contributed by atoms with Gasteiger partial charge in [-0.1, -0.05) is 36.4 Å². The molecule has 7 heteroatoms. The number of hydrogen-bond acceptors (Lipinski definition) is 4. The quantitative estimate of drug-likeness (QED) is 0.396. The van der Waals surface area contributed by atoms with E-state index < -0.39 is 4.92 Å². The van der Waals surface area contributed by atoms with E-state index >= 15 is 0 Å². The summed E-state index contributed by atoms with van der Waals surface area (Å²) in [6.07, 6.45) is 0. The van der Waals surface area contributed by atoms with Crippen LogP contribution >= 0.6 is 11.3 Å². The summed E-state index contributed by atoms with van der Waals surface area (Å²) in [6, 6.07) is 19.7. The van der Waals surface area contributed by atoms with Gasteiger partial charge in [0.05, 0.1) is 15.1 Å². The van der Waals surface area contributed by atoms with Crippen molar-refractivity contribution in [2.45, 2.75) is 6.54 Å². The second kappa shape index (κ2) is 7.05. The van der Waals surface area contributed by atoms with Crippen molar-refractivity contribution < 1.29 is 9.72 Å². The number of benzene rings is 2. The highest BCUT2D eigenvalue weighted by atomic mass is 32.1. The topological polar surface area (TPSA) is 77.2 Å². The lowest BCUT2D eigenvalue weighted by Crippen LogP contribution is -2.17. The van der Waals surface area contributed by atoms with Gasteiger partial charge < -0.3 is 9.88 Å². The smallest absolute Gasteiger partial charge is 0.272 e. The van der Waals surface area contributed by atoms with Gasteiger partial charge in [-0.15, -0.1) is 11.3 Å². The Kier molecular flexibility index (Phi) is 4.43. The molecule has 4 aromatic rings. The van der Waals surface area contributed by atoms with Crippen molar-refractivity contribution in [1.82, 2.24) is 4.57 Å². The van der Waals surface area contributed by atoms with Crippen molar-refractivity contribution in [3.8, 4) is 0 Å². The first kappa shape index (κ1) is 17.0. The number of nitrogens with one attached hydrogen (secondary N) is 1. The fourth-order valence-electron chi connectivity index (χ4n) is 2.99. The second-order valence-electron chi connectivity index (χ2n) is 6.03. The largest absolute Gasteiger partial charge is 0.331 e. The van der Waals surface area contributed by atoms with Crippen LogP contribution in [0.2, 0.25) is 0 Å². The molecule has 0 bridgehead atoms. The molecular weight excluding hydrogens is 362 g/mol. The highest BCUT2D eigenvalue weighted by Gasteiger charge is 2.17. The first-order valence-corrected chi connectivity index (χ1v) is 9.16. The molecule has 1 amide bonds. The number of fused-ring (bicyclic) bond motifs is 1. The minimum absolute atomic E-state index is 0.0616. The van der Waals surface area contributed by atoms with Crippen LogP contribution in [0.4, 0.5) is 11.4 Å². The summed E-state index contributed by atoms with van der Waals surface area (Å²) in [5.41, 5.74) is 2.93. The molecule has 0 fully saturated rings. The zero-order valence-electron chi connectivity index (χ0n) is 14.2. The third-order valence-electron chi connectivity index (χ3n) is 4.25. The van der Waals surface area contributed by atoms with Crippen LogP contribution in [-0.4, -0.2) is 15.4 Å². The molecular formula is C20H15N3O3S. The van der Waals surface area contributed by atoms with E-state index in [9.17, 15) is 14.9 Å². The van der Waals surface area contributed by atoms with E-state index in [4.69, 9.17) is 0 Å². The number of hydrogen-bond donors (Lipinski definition) is 1. The minimum atomic E-state index is -0.482. The third kappa shape index (κ3) is 3.45. The van der Waals surface area contributed by atoms with Gasteiger partial charge in [-0.25, -0.2) is 0 Å². The summed E-state index contributed by atoms with van der Waals surface area (Å²) in [4.78, 5) is 23.3. The maximum atomic E-state index is 12.9. The van der Waals surface area contributed by atoms with Crippen LogP contribution in [0.5, 0.6) is 0 Å². The lowest BCUT2D eigenvalue weighted by molar-refractivity contribution is -0.384. The van der Waals surface area contributed by atoms with Crippen molar-refractivity contribution in [3.63, 3.8) is 0 Å². The van der Waals surface area contributed by atoms with Gasteiger partial charge in [0.25, 0.3) is 11.6 Å². The predicted molar refractivity (Wildman–Crippen MR) is 106 cm³/mol. The van der Waals surface area contributed by atoms with E-state index in [-0.39, 0.29) is 11.6 Å². The zero-order chi connectivity index (χ0) is 18.8. The molecule has 0 saturated carbocycles. The Morgan fingerprint density at radius 2 is 1.89 bits per heavy atom. The predicted octanol–water partition coefficient (Wildman–Crippen LogP) is 4.91. The van der Waals surface area contributed by atoms with E-state index in [1.54, 1.807) is 23.5 Å².